The van der Waals surface area contributed by atoms with E-state index in [4.69, 9.17) is 4.74 Å². The number of aliphatic hydroxyl groups is 1. The fourth-order valence-electron chi connectivity index (χ4n) is 3.59. The van der Waals surface area contributed by atoms with Crippen LogP contribution >= 0.6 is 47.8 Å². The zero-order valence-corrected chi connectivity index (χ0v) is 23.8. The van der Waals surface area contributed by atoms with Gasteiger partial charge in [0.15, 0.2) is 11.4 Å². The highest BCUT2D eigenvalue weighted by molar-refractivity contribution is 9.11. The van der Waals surface area contributed by atoms with Crippen molar-refractivity contribution in [3.8, 4) is 5.75 Å². The van der Waals surface area contributed by atoms with Crippen molar-refractivity contribution in [2.24, 2.45) is 5.10 Å². The summed E-state index contributed by atoms with van der Waals surface area (Å²) < 4.78 is 7.46. The molecule has 6 nitrogen and oxygen atoms in total. The van der Waals surface area contributed by atoms with Gasteiger partial charge < -0.3 is 9.84 Å². The van der Waals surface area contributed by atoms with Crippen LogP contribution in [0, 0.1) is 0 Å². The van der Waals surface area contributed by atoms with E-state index in [1.54, 1.807) is 97.1 Å². The van der Waals surface area contributed by atoms with E-state index in [0.29, 0.717) is 35.7 Å². The number of amides is 1. The van der Waals surface area contributed by atoms with E-state index in [0.717, 1.165) is 0 Å². The van der Waals surface area contributed by atoms with E-state index >= 15 is 0 Å². The molecule has 0 fully saturated rings. The average molecular weight is 687 g/mol. The minimum Gasteiger partial charge on any atom is -0.421 e. The molecule has 0 radical (unpaired) electrons. The monoisotopic (exact) mass is 684 g/mol. The number of hydrogen-bond acceptors (Lipinski definition) is 5. The summed E-state index contributed by atoms with van der Waals surface area (Å²) in [6, 6.07) is 27.5. The molecule has 0 atom stereocenters. The van der Waals surface area contributed by atoms with Crippen LogP contribution in [0.25, 0.3) is 0 Å². The lowest BCUT2D eigenvalue weighted by Gasteiger charge is -2.27. The molecule has 0 unspecified atom stereocenters. The first-order valence-electron chi connectivity index (χ1n) is 10.9. The third kappa shape index (κ3) is 6.07. The summed E-state index contributed by atoms with van der Waals surface area (Å²) in [5, 5.41) is 15.6. The highest BCUT2D eigenvalue weighted by Crippen LogP contribution is 2.34. The zero-order chi connectivity index (χ0) is 26.4. The molecule has 186 valence electrons. The Kier molecular flexibility index (Phi) is 8.71. The van der Waals surface area contributed by atoms with Gasteiger partial charge in [-0.05, 0) is 67.3 Å². The number of carbonyl (C=O) groups is 2. The normalized spacial score (nSPS) is 11.4. The SMILES string of the molecule is O=C(Oc1c(Br)cc(Br)cc1/C=N/NC(=O)C(O)(c1ccccc1)c1ccccc1)c1ccccc1Br. The Bertz CT molecular complexity index is 1420. The number of ether oxygens (including phenoxy) is 1. The molecule has 0 aromatic heterocycles. The Balaban J connectivity index is 1.62. The predicted molar refractivity (Wildman–Crippen MR) is 153 cm³/mol. The summed E-state index contributed by atoms with van der Waals surface area (Å²) in [5.74, 6) is -1.11. The van der Waals surface area contributed by atoms with Crippen LogP contribution in [-0.4, -0.2) is 23.2 Å². The molecular formula is C28H19Br3N2O4. The fourth-order valence-corrected chi connectivity index (χ4v) is 5.37. The summed E-state index contributed by atoms with van der Waals surface area (Å²) in [6.07, 6.45) is 1.34. The third-order valence-electron chi connectivity index (χ3n) is 5.41. The number of rotatable bonds is 7. The molecule has 0 aliphatic heterocycles. The van der Waals surface area contributed by atoms with Crippen molar-refractivity contribution in [3.63, 3.8) is 0 Å². The summed E-state index contributed by atoms with van der Waals surface area (Å²) in [6.45, 7) is 0. The molecule has 0 bridgehead atoms. The van der Waals surface area contributed by atoms with Crippen molar-refractivity contribution in [2.45, 2.75) is 5.60 Å². The maximum Gasteiger partial charge on any atom is 0.344 e. The van der Waals surface area contributed by atoms with Gasteiger partial charge in [0, 0.05) is 14.5 Å². The summed E-state index contributed by atoms with van der Waals surface area (Å²) >= 11 is 10.2. The van der Waals surface area contributed by atoms with E-state index in [1.165, 1.54) is 6.21 Å². The Labute approximate surface area is 238 Å². The van der Waals surface area contributed by atoms with Crippen molar-refractivity contribution >= 4 is 65.9 Å². The number of esters is 1. The van der Waals surface area contributed by atoms with Crippen LogP contribution in [0.1, 0.15) is 27.0 Å². The van der Waals surface area contributed by atoms with E-state index in [-0.39, 0.29) is 5.75 Å². The van der Waals surface area contributed by atoms with Crippen LogP contribution < -0.4 is 10.2 Å². The summed E-state index contributed by atoms with van der Waals surface area (Å²) in [7, 11) is 0. The number of halogens is 3. The van der Waals surface area contributed by atoms with Crippen LogP contribution in [-0.2, 0) is 10.4 Å². The summed E-state index contributed by atoms with van der Waals surface area (Å²) in [5.41, 5.74) is 1.99. The van der Waals surface area contributed by atoms with Gasteiger partial charge in [0.1, 0.15) is 0 Å². The van der Waals surface area contributed by atoms with Crippen molar-refractivity contribution < 1.29 is 19.4 Å². The lowest BCUT2D eigenvalue weighted by atomic mass is 9.85. The Morgan fingerprint density at radius 2 is 1.38 bits per heavy atom. The van der Waals surface area contributed by atoms with Gasteiger partial charge >= 0.3 is 5.97 Å². The van der Waals surface area contributed by atoms with Gasteiger partial charge in [0.2, 0.25) is 0 Å². The molecule has 0 spiro atoms. The van der Waals surface area contributed by atoms with E-state index in [2.05, 4.69) is 58.3 Å². The molecule has 0 saturated heterocycles. The van der Waals surface area contributed by atoms with Crippen molar-refractivity contribution in [1.82, 2.24) is 5.43 Å². The Hall–Kier alpha value is -3.11. The number of carbonyl (C=O) groups excluding carboxylic acids is 2. The standard InChI is InChI=1S/C28H19Br3N2O4/c29-21-15-18(25(24(31)16-21)37-26(34)22-13-7-8-14-23(22)30)17-32-33-27(35)28(36,19-9-3-1-4-10-19)20-11-5-2-6-12-20/h1-17,36H,(H,33,35)/b32-17+. The van der Waals surface area contributed by atoms with Gasteiger partial charge in [0.25, 0.3) is 5.91 Å². The van der Waals surface area contributed by atoms with Crippen LogP contribution in [0.5, 0.6) is 5.75 Å². The van der Waals surface area contributed by atoms with Crippen molar-refractivity contribution in [1.29, 1.82) is 0 Å². The van der Waals surface area contributed by atoms with E-state index in [9.17, 15) is 14.7 Å². The van der Waals surface area contributed by atoms with Crippen LogP contribution in [0.3, 0.4) is 0 Å². The minimum atomic E-state index is -1.98. The topological polar surface area (TPSA) is 88.0 Å². The van der Waals surface area contributed by atoms with Gasteiger partial charge in [-0.2, -0.15) is 5.10 Å². The van der Waals surface area contributed by atoms with E-state index in [1.807, 2.05) is 0 Å². The van der Waals surface area contributed by atoms with Crippen LogP contribution in [0.2, 0.25) is 0 Å². The van der Waals surface area contributed by atoms with Gasteiger partial charge in [-0.15, -0.1) is 0 Å². The second kappa shape index (κ2) is 12.0. The molecule has 0 aliphatic rings. The highest BCUT2D eigenvalue weighted by atomic mass is 79.9. The molecule has 0 aliphatic carbocycles. The van der Waals surface area contributed by atoms with Crippen LogP contribution in [0.4, 0.5) is 0 Å². The molecule has 0 heterocycles. The molecule has 4 rings (SSSR count). The second-order valence-corrected chi connectivity index (χ2v) is 10.4. The molecule has 0 saturated carbocycles. The van der Waals surface area contributed by atoms with Crippen molar-refractivity contribution in [3.05, 3.63) is 133 Å². The number of benzene rings is 4. The predicted octanol–water partition coefficient (Wildman–Crippen LogP) is 6.58. The smallest absolute Gasteiger partial charge is 0.344 e. The van der Waals surface area contributed by atoms with Crippen LogP contribution in [0.15, 0.2) is 116 Å². The first-order valence-corrected chi connectivity index (χ1v) is 13.3. The number of nitrogens with one attached hydrogen (secondary N) is 1. The van der Waals surface area contributed by atoms with Crippen molar-refractivity contribution in [2.75, 3.05) is 0 Å². The highest BCUT2D eigenvalue weighted by Gasteiger charge is 2.39. The van der Waals surface area contributed by atoms with E-state index < -0.39 is 17.5 Å². The molecule has 9 heteroatoms. The van der Waals surface area contributed by atoms with Gasteiger partial charge in [-0.3, -0.25) is 4.79 Å². The summed E-state index contributed by atoms with van der Waals surface area (Å²) in [4.78, 5) is 26.1. The first kappa shape index (κ1) is 26.9. The molecule has 2 N–H and O–H groups in total. The second-order valence-electron chi connectivity index (χ2n) is 7.82. The molecule has 37 heavy (non-hydrogen) atoms. The first-order chi connectivity index (χ1) is 17.8. The third-order valence-corrected chi connectivity index (χ3v) is 7.15. The maximum absolute atomic E-state index is 13.3. The number of hydrogen-bond donors (Lipinski definition) is 2. The lowest BCUT2D eigenvalue weighted by molar-refractivity contribution is -0.136. The zero-order valence-electron chi connectivity index (χ0n) is 19.1. The van der Waals surface area contributed by atoms with Gasteiger partial charge in [0.05, 0.1) is 16.3 Å². The lowest BCUT2D eigenvalue weighted by Crippen LogP contribution is -2.43. The molecular weight excluding hydrogens is 668 g/mol. The minimum absolute atomic E-state index is 0.211. The Morgan fingerprint density at radius 1 is 0.811 bits per heavy atom. The quantitative estimate of drug-likeness (QED) is 0.0996. The molecule has 4 aromatic carbocycles. The average Bonchev–Trinajstić information content (AvgIpc) is 2.91. The van der Waals surface area contributed by atoms with Gasteiger partial charge in [-0.1, -0.05) is 88.7 Å². The Morgan fingerprint density at radius 3 is 1.97 bits per heavy atom. The number of nitrogens with zero attached hydrogens (tertiary/aromatic N) is 1. The maximum atomic E-state index is 13.3. The molecule has 1 amide bonds. The largest absolute Gasteiger partial charge is 0.421 e. The fraction of sp³-hybridized carbons (Fsp3) is 0.0357. The molecule has 4 aromatic rings. The number of hydrazone groups is 1. The van der Waals surface area contributed by atoms with Gasteiger partial charge in [-0.25, -0.2) is 10.2 Å².